The first kappa shape index (κ1) is 11.0. The molecule has 0 aliphatic rings. The van der Waals surface area contributed by atoms with E-state index in [-0.39, 0.29) is 5.60 Å². The molecular weight excluding hydrogens is 136 g/mol. The smallest absolute Gasteiger partial charge is 0.0622 e. The van der Waals surface area contributed by atoms with Gasteiger partial charge in [0.1, 0.15) is 0 Å². The number of hydrogen-bond donors (Lipinski definition) is 0. The highest BCUT2D eigenvalue weighted by Gasteiger charge is 2.15. The van der Waals surface area contributed by atoms with Gasteiger partial charge in [0.25, 0.3) is 0 Å². The van der Waals surface area contributed by atoms with Crippen molar-refractivity contribution in [1.82, 2.24) is 0 Å². The van der Waals surface area contributed by atoms with Crippen LogP contribution in [0.25, 0.3) is 0 Å². The van der Waals surface area contributed by atoms with Gasteiger partial charge in [-0.2, -0.15) is 0 Å². The molecule has 0 amide bonds. The van der Waals surface area contributed by atoms with Crippen LogP contribution in [-0.4, -0.2) is 12.7 Å². The minimum Gasteiger partial charge on any atom is -0.379 e. The van der Waals surface area contributed by atoms with Crippen LogP contribution in [0.2, 0.25) is 0 Å². The highest BCUT2D eigenvalue weighted by Crippen LogP contribution is 2.19. The lowest BCUT2D eigenvalue weighted by Gasteiger charge is -2.22. The molecule has 0 atom stereocenters. The molecule has 0 fully saturated rings. The maximum Gasteiger partial charge on any atom is 0.0622 e. The normalized spacial score (nSPS) is 12.5. The Hall–Kier alpha value is -0.0400. The highest BCUT2D eigenvalue weighted by molar-refractivity contribution is 4.78. The summed E-state index contributed by atoms with van der Waals surface area (Å²) in [5.41, 5.74) is 0.0649. The predicted octanol–water partition coefficient (Wildman–Crippen LogP) is 3.20. The third-order valence-electron chi connectivity index (χ3n) is 2.01. The molecule has 0 saturated carbocycles. The second-order valence-corrected chi connectivity index (χ2v) is 4.02. The zero-order chi connectivity index (χ0) is 8.91. The van der Waals surface area contributed by atoms with Crippen molar-refractivity contribution in [2.45, 2.75) is 52.6 Å². The molecule has 0 aliphatic heterocycles. The molecule has 11 heavy (non-hydrogen) atoms. The summed E-state index contributed by atoms with van der Waals surface area (Å²) in [7, 11) is 1.78. The van der Waals surface area contributed by atoms with Crippen LogP contribution in [0.15, 0.2) is 0 Å². The Morgan fingerprint density at radius 3 is 2.18 bits per heavy atom. The summed E-state index contributed by atoms with van der Waals surface area (Å²) in [6.07, 6.45) is 3.62. The minimum atomic E-state index is 0.0649. The van der Waals surface area contributed by atoms with Crippen LogP contribution in [0.3, 0.4) is 0 Å². The molecule has 0 aromatic rings. The summed E-state index contributed by atoms with van der Waals surface area (Å²) in [6, 6.07) is 0. The Bertz CT molecular complexity index is 95.0. The molecule has 1 nitrogen and oxygen atoms in total. The van der Waals surface area contributed by atoms with Gasteiger partial charge in [-0.15, -0.1) is 0 Å². The molecule has 0 aromatic heterocycles. The van der Waals surface area contributed by atoms with E-state index in [2.05, 4.69) is 27.7 Å². The van der Waals surface area contributed by atoms with Crippen LogP contribution in [0, 0.1) is 5.92 Å². The van der Waals surface area contributed by atoms with Crippen LogP contribution < -0.4 is 0 Å². The third kappa shape index (κ3) is 6.36. The molecule has 0 heterocycles. The maximum absolute atomic E-state index is 5.31. The Kier molecular flexibility index (Phi) is 4.74. The maximum atomic E-state index is 5.31. The van der Waals surface area contributed by atoms with E-state index in [9.17, 15) is 0 Å². The Morgan fingerprint density at radius 1 is 1.27 bits per heavy atom. The Balaban J connectivity index is 3.38. The van der Waals surface area contributed by atoms with Crippen molar-refractivity contribution in [2.75, 3.05) is 7.11 Å². The Morgan fingerprint density at radius 2 is 1.82 bits per heavy atom. The molecule has 0 aromatic carbocycles. The quantitative estimate of drug-likeness (QED) is 0.595. The van der Waals surface area contributed by atoms with Crippen LogP contribution >= 0.6 is 0 Å². The fraction of sp³-hybridized carbons (Fsp3) is 0.900. The van der Waals surface area contributed by atoms with Crippen LogP contribution in [-0.2, 0) is 4.74 Å². The van der Waals surface area contributed by atoms with E-state index in [4.69, 9.17) is 4.74 Å². The number of hydrogen-bond acceptors (Lipinski definition) is 1. The van der Waals surface area contributed by atoms with E-state index in [1.165, 1.54) is 18.8 Å². The summed E-state index contributed by atoms with van der Waals surface area (Å²) in [6.45, 7) is 8.63. The molecule has 1 heteroatoms. The molecule has 0 aliphatic carbocycles. The zero-order valence-electron chi connectivity index (χ0n) is 8.53. The summed E-state index contributed by atoms with van der Waals surface area (Å²) in [5.74, 6) is 1.51. The Labute approximate surface area is 71.1 Å². The van der Waals surface area contributed by atoms with Gasteiger partial charge >= 0.3 is 0 Å². The molecule has 0 N–H and O–H groups in total. The van der Waals surface area contributed by atoms with Crippen molar-refractivity contribution < 1.29 is 4.74 Å². The van der Waals surface area contributed by atoms with Crippen molar-refractivity contribution in [3.63, 3.8) is 0 Å². The first-order valence-corrected chi connectivity index (χ1v) is 4.32. The minimum absolute atomic E-state index is 0.0649. The first-order valence-electron chi connectivity index (χ1n) is 4.32. The second-order valence-electron chi connectivity index (χ2n) is 4.02. The van der Waals surface area contributed by atoms with Gasteiger partial charge in [-0.05, 0) is 32.6 Å². The third-order valence-corrected chi connectivity index (χ3v) is 2.01. The van der Waals surface area contributed by atoms with E-state index in [0.717, 1.165) is 6.42 Å². The SMILES string of the molecule is COC(C)(C)CCC[C](C)C. The van der Waals surface area contributed by atoms with Crippen LogP contribution in [0.1, 0.15) is 47.0 Å². The summed E-state index contributed by atoms with van der Waals surface area (Å²) < 4.78 is 5.31. The van der Waals surface area contributed by atoms with Crippen molar-refractivity contribution in [3.8, 4) is 0 Å². The van der Waals surface area contributed by atoms with Crippen molar-refractivity contribution >= 4 is 0 Å². The van der Waals surface area contributed by atoms with Crippen molar-refractivity contribution in [3.05, 3.63) is 5.92 Å². The fourth-order valence-electron chi connectivity index (χ4n) is 0.970. The van der Waals surface area contributed by atoms with E-state index in [1.807, 2.05) is 0 Å². The molecule has 0 rings (SSSR count). The molecular formula is C10H21O. The standard InChI is InChI=1S/C10H21O/c1-9(2)7-6-8-10(3,4)11-5/h6-8H2,1-5H3. The van der Waals surface area contributed by atoms with Crippen LogP contribution in [0.4, 0.5) is 0 Å². The van der Waals surface area contributed by atoms with Gasteiger partial charge in [0.2, 0.25) is 0 Å². The zero-order valence-corrected chi connectivity index (χ0v) is 8.53. The van der Waals surface area contributed by atoms with Gasteiger partial charge in [-0.1, -0.05) is 20.3 Å². The summed E-state index contributed by atoms with van der Waals surface area (Å²) in [4.78, 5) is 0. The summed E-state index contributed by atoms with van der Waals surface area (Å²) in [5, 5.41) is 0. The largest absolute Gasteiger partial charge is 0.379 e. The van der Waals surface area contributed by atoms with E-state index in [0.29, 0.717) is 0 Å². The molecule has 0 bridgehead atoms. The summed E-state index contributed by atoms with van der Waals surface area (Å²) >= 11 is 0. The first-order chi connectivity index (χ1) is 4.98. The average molecular weight is 157 g/mol. The lowest BCUT2D eigenvalue weighted by molar-refractivity contribution is 0.0137. The van der Waals surface area contributed by atoms with Gasteiger partial charge in [0.05, 0.1) is 5.60 Å². The number of methoxy groups -OCH3 is 1. The number of rotatable bonds is 5. The topological polar surface area (TPSA) is 9.23 Å². The van der Waals surface area contributed by atoms with Gasteiger partial charge in [0, 0.05) is 7.11 Å². The van der Waals surface area contributed by atoms with Gasteiger partial charge < -0.3 is 4.74 Å². The lowest BCUT2D eigenvalue weighted by atomic mass is 9.98. The second kappa shape index (κ2) is 4.76. The lowest BCUT2D eigenvalue weighted by Crippen LogP contribution is -2.21. The van der Waals surface area contributed by atoms with E-state index >= 15 is 0 Å². The molecule has 67 valence electrons. The monoisotopic (exact) mass is 157 g/mol. The predicted molar refractivity (Wildman–Crippen MR) is 49.5 cm³/mol. The van der Waals surface area contributed by atoms with Crippen molar-refractivity contribution in [2.24, 2.45) is 0 Å². The molecule has 0 saturated heterocycles. The molecule has 1 radical (unpaired) electrons. The highest BCUT2D eigenvalue weighted by atomic mass is 16.5. The van der Waals surface area contributed by atoms with E-state index < -0.39 is 0 Å². The average Bonchev–Trinajstić information content (AvgIpc) is 1.87. The van der Waals surface area contributed by atoms with E-state index in [1.54, 1.807) is 7.11 Å². The van der Waals surface area contributed by atoms with Crippen molar-refractivity contribution in [1.29, 1.82) is 0 Å². The molecule has 0 unspecified atom stereocenters. The fourth-order valence-corrected chi connectivity index (χ4v) is 0.970. The van der Waals surface area contributed by atoms with Gasteiger partial charge in [0.15, 0.2) is 0 Å². The number of ether oxygens (including phenoxy) is 1. The van der Waals surface area contributed by atoms with Gasteiger partial charge in [-0.3, -0.25) is 0 Å². The van der Waals surface area contributed by atoms with Gasteiger partial charge in [-0.25, -0.2) is 0 Å². The molecule has 0 spiro atoms. The van der Waals surface area contributed by atoms with Crippen LogP contribution in [0.5, 0.6) is 0 Å².